The Kier molecular flexibility index (Phi) is 17.2. The molecule has 0 spiro atoms. The van der Waals surface area contributed by atoms with Crippen molar-refractivity contribution in [3.05, 3.63) is 138 Å². The summed E-state index contributed by atoms with van der Waals surface area (Å²) in [4.78, 5) is 61.0. The van der Waals surface area contributed by atoms with Crippen molar-refractivity contribution >= 4 is 29.8 Å². The Morgan fingerprint density at radius 2 is 0.810 bits per heavy atom. The van der Waals surface area contributed by atoms with Crippen molar-refractivity contribution in [3.63, 3.8) is 0 Å². The van der Waals surface area contributed by atoms with E-state index in [4.69, 9.17) is 42.6 Å². The van der Waals surface area contributed by atoms with Crippen LogP contribution in [0.3, 0.4) is 0 Å². The van der Waals surface area contributed by atoms with E-state index in [0.717, 1.165) is 0 Å². The maximum absolute atomic E-state index is 12.9. The third-order valence-electron chi connectivity index (χ3n) is 7.65. The van der Waals surface area contributed by atoms with Crippen LogP contribution in [0.1, 0.15) is 50.5 Å². The van der Waals surface area contributed by atoms with E-state index in [1.165, 1.54) is 36.4 Å². The van der Waals surface area contributed by atoms with Gasteiger partial charge in [0, 0.05) is 11.1 Å². The molecule has 0 unspecified atom stereocenters. The first-order valence-corrected chi connectivity index (χ1v) is 18.0. The summed E-state index contributed by atoms with van der Waals surface area (Å²) in [6.45, 7) is 13.6. The smallest absolute Gasteiger partial charge is 0.343 e. The number of aryl methyl sites for hydroxylation is 1. The molecule has 0 fully saturated rings. The predicted octanol–water partition coefficient (Wildman–Crippen LogP) is 6.68. The molecule has 0 N–H and O–H groups in total. The van der Waals surface area contributed by atoms with Gasteiger partial charge in [-0.3, -0.25) is 0 Å². The van der Waals surface area contributed by atoms with Crippen molar-refractivity contribution in [1.29, 1.82) is 0 Å². The van der Waals surface area contributed by atoms with E-state index in [-0.39, 0.29) is 81.2 Å². The van der Waals surface area contributed by atoms with Crippen LogP contribution in [0.4, 0.5) is 0 Å². The maximum Gasteiger partial charge on any atom is 0.343 e. The first kappa shape index (κ1) is 44.0. The molecule has 14 heteroatoms. The van der Waals surface area contributed by atoms with Gasteiger partial charge in [0.05, 0.1) is 43.1 Å². The van der Waals surface area contributed by atoms with Crippen LogP contribution in [-0.2, 0) is 28.5 Å². The minimum Gasteiger partial charge on any atom is -0.491 e. The summed E-state index contributed by atoms with van der Waals surface area (Å²) in [6, 6.07) is 23.2. The molecule has 0 heterocycles. The Hall–Kier alpha value is -6.77. The van der Waals surface area contributed by atoms with Gasteiger partial charge in [-0.25, -0.2) is 24.0 Å². The highest BCUT2D eigenvalue weighted by Crippen LogP contribution is 2.26. The van der Waals surface area contributed by atoms with Crippen LogP contribution in [0.5, 0.6) is 28.7 Å². The van der Waals surface area contributed by atoms with Gasteiger partial charge in [-0.2, -0.15) is 0 Å². The van der Waals surface area contributed by atoms with Crippen LogP contribution in [0.25, 0.3) is 0 Å². The van der Waals surface area contributed by atoms with Gasteiger partial charge in [-0.15, -0.1) is 0 Å². The molecule has 304 valence electrons. The van der Waals surface area contributed by atoms with E-state index in [1.807, 2.05) is 0 Å². The molecular weight excluding hydrogens is 752 g/mol. The van der Waals surface area contributed by atoms with Gasteiger partial charge in [0.1, 0.15) is 55.2 Å². The molecule has 0 aliphatic carbocycles. The van der Waals surface area contributed by atoms with Gasteiger partial charge in [-0.05, 0) is 117 Å². The number of carbonyl (C=O) groups excluding carboxylic acids is 5. The van der Waals surface area contributed by atoms with Crippen LogP contribution in [0, 0.1) is 6.92 Å². The van der Waals surface area contributed by atoms with Crippen molar-refractivity contribution in [3.8, 4) is 28.7 Å². The van der Waals surface area contributed by atoms with Crippen LogP contribution in [0.15, 0.2) is 115 Å². The van der Waals surface area contributed by atoms with E-state index in [2.05, 4.69) is 13.2 Å². The molecule has 0 saturated carbocycles. The lowest BCUT2D eigenvalue weighted by Gasteiger charge is -2.11. The quantitative estimate of drug-likeness (QED) is 0.0357. The third kappa shape index (κ3) is 14.7. The molecule has 58 heavy (non-hydrogen) atoms. The standard InChI is InChI=1S/C44H44O14/c1-29(2)40(45)54-26-22-50-20-24-52-35-12-6-32(7-13-35)42(47)56-37-16-10-34(11-17-37)44(49)58-39-19-18-38(28-31(39)5)57-43(48)33-8-14-36(15-9-33)53-25-21-51-23-27-55-41(46)30(3)4/h6-19,28H,1,3,20-27H2,2,4-5H3. The zero-order valence-electron chi connectivity index (χ0n) is 32.4. The molecule has 4 rings (SSSR count). The van der Waals surface area contributed by atoms with Gasteiger partial charge in [-0.1, -0.05) is 13.2 Å². The molecule has 0 atom stereocenters. The molecule has 0 aliphatic rings. The fourth-order valence-electron chi connectivity index (χ4n) is 4.60. The van der Waals surface area contributed by atoms with Crippen LogP contribution in [0.2, 0.25) is 0 Å². The number of ether oxygens (including phenoxy) is 9. The Labute approximate surface area is 335 Å². The summed E-state index contributed by atoms with van der Waals surface area (Å²) in [6.07, 6.45) is 0. The van der Waals surface area contributed by atoms with Crippen LogP contribution < -0.4 is 23.7 Å². The van der Waals surface area contributed by atoms with Crippen molar-refractivity contribution < 1.29 is 66.6 Å². The highest BCUT2D eigenvalue weighted by Gasteiger charge is 2.15. The van der Waals surface area contributed by atoms with E-state index in [1.54, 1.807) is 75.4 Å². The topological polar surface area (TPSA) is 168 Å². The molecular formula is C44H44O14. The van der Waals surface area contributed by atoms with Crippen LogP contribution in [-0.4, -0.2) is 82.7 Å². The summed E-state index contributed by atoms with van der Waals surface area (Å²) in [5.74, 6) is -0.988. The summed E-state index contributed by atoms with van der Waals surface area (Å²) in [7, 11) is 0. The highest BCUT2D eigenvalue weighted by atomic mass is 16.6. The normalized spacial score (nSPS) is 10.5. The van der Waals surface area contributed by atoms with Gasteiger partial charge in [0.2, 0.25) is 0 Å². The minimum atomic E-state index is -0.643. The first-order chi connectivity index (χ1) is 27.9. The molecule has 4 aromatic carbocycles. The average molecular weight is 797 g/mol. The molecule has 0 amide bonds. The largest absolute Gasteiger partial charge is 0.491 e. The molecule has 4 aromatic rings. The van der Waals surface area contributed by atoms with Crippen molar-refractivity contribution in [2.24, 2.45) is 0 Å². The van der Waals surface area contributed by atoms with Gasteiger partial charge in [0.25, 0.3) is 0 Å². The van der Waals surface area contributed by atoms with Gasteiger partial charge < -0.3 is 42.6 Å². The first-order valence-electron chi connectivity index (χ1n) is 18.0. The summed E-state index contributed by atoms with van der Waals surface area (Å²) in [5, 5.41) is 0. The van der Waals surface area contributed by atoms with Crippen LogP contribution >= 0.6 is 0 Å². The SMILES string of the molecule is C=C(C)C(=O)OCCOCCOc1ccc(C(=O)Oc2ccc(C(=O)Oc3ccc(OC(=O)c4ccc(OCCOCCOC(=O)C(=C)C)cc4)cc3C)cc2)cc1. The lowest BCUT2D eigenvalue weighted by Crippen LogP contribution is -2.14. The van der Waals surface area contributed by atoms with E-state index in [0.29, 0.717) is 33.8 Å². The Morgan fingerprint density at radius 1 is 0.448 bits per heavy atom. The second-order valence-electron chi connectivity index (χ2n) is 12.4. The third-order valence-corrected chi connectivity index (χ3v) is 7.65. The van der Waals surface area contributed by atoms with Gasteiger partial charge in [0.15, 0.2) is 0 Å². The molecule has 14 nitrogen and oxygen atoms in total. The zero-order chi connectivity index (χ0) is 41.9. The average Bonchev–Trinajstić information content (AvgIpc) is 3.21. The number of hydrogen-bond donors (Lipinski definition) is 0. The van der Waals surface area contributed by atoms with Gasteiger partial charge >= 0.3 is 29.8 Å². The predicted molar refractivity (Wildman–Crippen MR) is 210 cm³/mol. The molecule has 0 radical (unpaired) electrons. The Bertz CT molecular complexity index is 2050. The summed E-state index contributed by atoms with van der Waals surface area (Å²) in [5.41, 5.74) is 1.99. The lowest BCUT2D eigenvalue weighted by molar-refractivity contribution is -0.141. The summed E-state index contributed by atoms with van der Waals surface area (Å²) < 4.78 is 48.3. The monoisotopic (exact) mass is 796 g/mol. The highest BCUT2D eigenvalue weighted by molar-refractivity contribution is 5.93. The second-order valence-corrected chi connectivity index (χ2v) is 12.4. The molecule has 0 aliphatic heterocycles. The van der Waals surface area contributed by atoms with Crippen molar-refractivity contribution in [2.75, 3.05) is 52.9 Å². The number of esters is 5. The minimum absolute atomic E-state index is 0.114. The van der Waals surface area contributed by atoms with E-state index in [9.17, 15) is 24.0 Å². The van der Waals surface area contributed by atoms with E-state index >= 15 is 0 Å². The number of benzene rings is 4. The maximum atomic E-state index is 12.9. The molecule has 0 saturated heterocycles. The molecule has 0 bridgehead atoms. The molecule has 0 aromatic heterocycles. The van der Waals surface area contributed by atoms with E-state index < -0.39 is 29.8 Å². The summed E-state index contributed by atoms with van der Waals surface area (Å²) >= 11 is 0. The second kappa shape index (κ2) is 22.7. The Balaban J connectivity index is 1.16. The van der Waals surface area contributed by atoms with Crippen molar-refractivity contribution in [1.82, 2.24) is 0 Å². The number of hydrogen-bond acceptors (Lipinski definition) is 14. The number of carbonyl (C=O) groups is 5. The fourth-order valence-corrected chi connectivity index (χ4v) is 4.60. The fraction of sp³-hybridized carbons (Fsp3) is 0.250. The lowest BCUT2D eigenvalue weighted by atomic mass is 10.2. The number of rotatable bonds is 22. The zero-order valence-corrected chi connectivity index (χ0v) is 32.4. The van der Waals surface area contributed by atoms with Crippen molar-refractivity contribution in [2.45, 2.75) is 20.8 Å². The Morgan fingerprint density at radius 3 is 1.22 bits per heavy atom.